The molecular weight excluding hydrogens is 140 g/mol. The molecule has 0 spiro atoms. The van der Waals surface area contributed by atoms with E-state index in [0.29, 0.717) is 0 Å². The Morgan fingerprint density at radius 3 is 2.55 bits per heavy atom. The lowest BCUT2D eigenvalue weighted by Crippen LogP contribution is -2.43. The summed E-state index contributed by atoms with van der Waals surface area (Å²) in [6.45, 7) is 5.40. The van der Waals surface area contributed by atoms with Crippen molar-refractivity contribution < 1.29 is 4.79 Å². The number of carbonyl (C=O) groups excluding carboxylic acids is 1. The second-order valence-corrected chi connectivity index (χ2v) is 2.60. The minimum absolute atomic E-state index is 0.112. The highest BCUT2D eigenvalue weighted by molar-refractivity contribution is 5.87. The number of amides is 1. The van der Waals surface area contributed by atoms with E-state index in [1.54, 1.807) is 0 Å². The lowest BCUT2D eigenvalue weighted by atomic mass is 10.3. The summed E-state index contributed by atoms with van der Waals surface area (Å²) in [7, 11) is 3.86. The Morgan fingerprint density at radius 2 is 2.27 bits per heavy atom. The van der Waals surface area contributed by atoms with Gasteiger partial charge in [0.05, 0.1) is 6.17 Å². The first-order chi connectivity index (χ1) is 5.11. The predicted molar refractivity (Wildman–Crippen MR) is 46.1 cm³/mol. The fraction of sp³-hybridized carbons (Fsp3) is 0.625. The van der Waals surface area contributed by atoms with E-state index in [4.69, 9.17) is 0 Å². The van der Waals surface area contributed by atoms with E-state index in [0.717, 1.165) is 6.42 Å². The van der Waals surface area contributed by atoms with Crippen LogP contribution in [0.5, 0.6) is 0 Å². The minimum Gasteiger partial charge on any atom is -0.337 e. The Hall–Kier alpha value is -0.830. The molecule has 0 aliphatic carbocycles. The van der Waals surface area contributed by atoms with Crippen LogP contribution >= 0.6 is 0 Å². The summed E-state index contributed by atoms with van der Waals surface area (Å²) in [5, 5.41) is 2.78. The molecule has 64 valence electrons. The lowest BCUT2D eigenvalue weighted by Gasteiger charge is -2.23. The molecule has 0 bridgehead atoms. The molecule has 0 aromatic heterocycles. The van der Waals surface area contributed by atoms with Gasteiger partial charge in [-0.1, -0.05) is 13.5 Å². The van der Waals surface area contributed by atoms with Crippen LogP contribution in [-0.4, -0.2) is 31.1 Å². The molecule has 1 N–H and O–H groups in total. The van der Waals surface area contributed by atoms with Crippen LogP contribution in [0.2, 0.25) is 0 Å². The molecule has 3 heteroatoms. The van der Waals surface area contributed by atoms with Crippen molar-refractivity contribution in [1.29, 1.82) is 0 Å². The van der Waals surface area contributed by atoms with Crippen LogP contribution in [0, 0.1) is 0 Å². The fourth-order valence-corrected chi connectivity index (χ4v) is 0.819. The maximum Gasteiger partial charge on any atom is 0.244 e. The molecular formula is C8H16N2O. The Kier molecular flexibility index (Phi) is 4.54. The topological polar surface area (TPSA) is 32.3 Å². The SMILES string of the molecule is C=CC(=O)NC(CC)N(C)C. The maximum atomic E-state index is 10.8. The number of hydrogen-bond acceptors (Lipinski definition) is 2. The van der Waals surface area contributed by atoms with Crippen LogP contribution in [0.25, 0.3) is 0 Å². The van der Waals surface area contributed by atoms with Crippen molar-refractivity contribution in [2.75, 3.05) is 14.1 Å². The zero-order valence-corrected chi connectivity index (χ0v) is 7.42. The van der Waals surface area contributed by atoms with Crippen molar-refractivity contribution >= 4 is 5.91 Å². The summed E-state index contributed by atoms with van der Waals surface area (Å²) in [5.41, 5.74) is 0. The molecule has 0 aromatic rings. The molecule has 0 fully saturated rings. The van der Waals surface area contributed by atoms with Crippen LogP contribution in [0.4, 0.5) is 0 Å². The van der Waals surface area contributed by atoms with Crippen LogP contribution in [0.15, 0.2) is 12.7 Å². The Balaban J connectivity index is 3.87. The van der Waals surface area contributed by atoms with Gasteiger partial charge in [0.15, 0.2) is 0 Å². The Bertz CT molecular complexity index is 143. The first-order valence-corrected chi connectivity index (χ1v) is 3.71. The van der Waals surface area contributed by atoms with Crippen molar-refractivity contribution in [2.45, 2.75) is 19.5 Å². The van der Waals surface area contributed by atoms with E-state index < -0.39 is 0 Å². The monoisotopic (exact) mass is 156 g/mol. The van der Waals surface area contributed by atoms with Gasteiger partial charge in [-0.05, 0) is 26.6 Å². The van der Waals surface area contributed by atoms with Crippen LogP contribution < -0.4 is 5.32 Å². The number of hydrogen-bond donors (Lipinski definition) is 1. The molecule has 0 saturated carbocycles. The van der Waals surface area contributed by atoms with Gasteiger partial charge in [0.2, 0.25) is 5.91 Å². The van der Waals surface area contributed by atoms with Gasteiger partial charge in [0.25, 0.3) is 0 Å². The highest BCUT2D eigenvalue weighted by Gasteiger charge is 2.08. The van der Waals surface area contributed by atoms with Crippen molar-refractivity contribution in [3.63, 3.8) is 0 Å². The standard InChI is InChI=1S/C8H16N2O/c1-5-7(10(3)4)9-8(11)6-2/h6-7H,2,5H2,1,3-4H3,(H,9,11). The number of nitrogens with one attached hydrogen (secondary N) is 1. The molecule has 1 atom stereocenters. The van der Waals surface area contributed by atoms with E-state index in [-0.39, 0.29) is 12.1 Å². The van der Waals surface area contributed by atoms with Crippen molar-refractivity contribution in [1.82, 2.24) is 10.2 Å². The lowest BCUT2D eigenvalue weighted by molar-refractivity contribution is -0.118. The zero-order chi connectivity index (χ0) is 8.85. The second kappa shape index (κ2) is 4.91. The van der Waals surface area contributed by atoms with Gasteiger partial charge in [0.1, 0.15) is 0 Å². The molecule has 0 aromatic carbocycles. The van der Waals surface area contributed by atoms with Crippen LogP contribution in [0.1, 0.15) is 13.3 Å². The molecule has 0 aliphatic rings. The van der Waals surface area contributed by atoms with Crippen molar-refractivity contribution in [2.24, 2.45) is 0 Å². The van der Waals surface area contributed by atoms with E-state index in [2.05, 4.69) is 11.9 Å². The van der Waals surface area contributed by atoms with Gasteiger partial charge in [-0.15, -0.1) is 0 Å². The largest absolute Gasteiger partial charge is 0.337 e. The van der Waals surface area contributed by atoms with Crippen molar-refractivity contribution in [3.05, 3.63) is 12.7 Å². The Labute approximate surface area is 68.1 Å². The maximum absolute atomic E-state index is 10.8. The summed E-state index contributed by atoms with van der Waals surface area (Å²) >= 11 is 0. The summed E-state index contributed by atoms with van der Waals surface area (Å²) in [5.74, 6) is -0.120. The van der Waals surface area contributed by atoms with E-state index >= 15 is 0 Å². The van der Waals surface area contributed by atoms with Gasteiger partial charge in [-0.3, -0.25) is 9.69 Å². The van der Waals surface area contributed by atoms with Crippen LogP contribution in [0.3, 0.4) is 0 Å². The molecule has 3 nitrogen and oxygen atoms in total. The van der Waals surface area contributed by atoms with Gasteiger partial charge < -0.3 is 5.32 Å². The van der Waals surface area contributed by atoms with E-state index in [1.807, 2.05) is 25.9 Å². The third-order valence-corrected chi connectivity index (χ3v) is 1.50. The Morgan fingerprint density at radius 1 is 1.73 bits per heavy atom. The molecule has 1 amide bonds. The molecule has 0 rings (SSSR count). The third-order valence-electron chi connectivity index (χ3n) is 1.50. The number of nitrogens with zero attached hydrogens (tertiary/aromatic N) is 1. The number of rotatable bonds is 4. The average molecular weight is 156 g/mol. The first kappa shape index (κ1) is 10.2. The minimum atomic E-state index is -0.120. The summed E-state index contributed by atoms with van der Waals surface area (Å²) in [6, 6.07) is 0. The highest BCUT2D eigenvalue weighted by Crippen LogP contribution is 1.93. The van der Waals surface area contributed by atoms with Gasteiger partial charge in [0, 0.05) is 0 Å². The molecule has 0 saturated heterocycles. The van der Waals surface area contributed by atoms with Crippen molar-refractivity contribution in [3.8, 4) is 0 Å². The number of carbonyl (C=O) groups is 1. The van der Waals surface area contributed by atoms with Gasteiger partial charge in [-0.25, -0.2) is 0 Å². The van der Waals surface area contributed by atoms with E-state index in [1.165, 1.54) is 6.08 Å². The highest BCUT2D eigenvalue weighted by atomic mass is 16.1. The first-order valence-electron chi connectivity index (χ1n) is 3.71. The smallest absolute Gasteiger partial charge is 0.244 e. The van der Waals surface area contributed by atoms with E-state index in [9.17, 15) is 4.79 Å². The zero-order valence-electron chi connectivity index (χ0n) is 7.42. The molecule has 11 heavy (non-hydrogen) atoms. The molecule has 0 radical (unpaired) electrons. The third kappa shape index (κ3) is 3.78. The fourth-order valence-electron chi connectivity index (χ4n) is 0.819. The molecule has 0 heterocycles. The summed E-state index contributed by atoms with van der Waals surface area (Å²) in [6.07, 6.45) is 2.29. The second-order valence-electron chi connectivity index (χ2n) is 2.60. The summed E-state index contributed by atoms with van der Waals surface area (Å²) in [4.78, 5) is 12.8. The summed E-state index contributed by atoms with van der Waals surface area (Å²) < 4.78 is 0. The van der Waals surface area contributed by atoms with Crippen LogP contribution in [-0.2, 0) is 4.79 Å². The normalized spacial score (nSPS) is 12.7. The van der Waals surface area contributed by atoms with Gasteiger partial charge in [-0.2, -0.15) is 0 Å². The van der Waals surface area contributed by atoms with Gasteiger partial charge >= 0.3 is 0 Å². The average Bonchev–Trinajstić information content (AvgIpc) is 1.99. The quantitative estimate of drug-likeness (QED) is 0.477. The predicted octanol–water partition coefficient (Wildman–Crippen LogP) is 0.586. The molecule has 0 aliphatic heterocycles. The molecule has 1 unspecified atom stereocenters.